The standard InChI is InChI=1S/C15H11NO3S.C2H6/c17-12(13-6-3-9-20-13)7-8-16-14(18)10-4-1-2-5-11(10)15(16)19;1-2/h1-6,9H,7-8H2;1-2H3. The number of nitrogens with zero attached hydrogens (tertiary/aromatic N) is 1. The number of hydrogen-bond acceptors (Lipinski definition) is 4. The highest BCUT2D eigenvalue weighted by atomic mass is 32.1. The summed E-state index contributed by atoms with van der Waals surface area (Å²) in [5.74, 6) is -0.675. The molecule has 2 heterocycles. The second-order valence-electron chi connectivity index (χ2n) is 4.46. The molecule has 0 atom stereocenters. The molecule has 0 spiro atoms. The topological polar surface area (TPSA) is 54.5 Å². The van der Waals surface area contributed by atoms with E-state index in [9.17, 15) is 14.4 Å². The van der Waals surface area contributed by atoms with Gasteiger partial charge in [0.2, 0.25) is 0 Å². The van der Waals surface area contributed by atoms with Crippen molar-refractivity contribution in [2.45, 2.75) is 20.3 Å². The lowest BCUT2D eigenvalue weighted by Gasteiger charge is -2.12. The van der Waals surface area contributed by atoms with E-state index in [-0.39, 0.29) is 30.6 Å². The van der Waals surface area contributed by atoms with Gasteiger partial charge in [0.15, 0.2) is 5.78 Å². The number of fused-ring (bicyclic) bond motifs is 1. The molecule has 5 heteroatoms. The molecule has 3 rings (SSSR count). The Morgan fingerprint density at radius 1 is 1.00 bits per heavy atom. The first-order valence-electron chi connectivity index (χ1n) is 7.20. The Kier molecular flexibility index (Phi) is 5.22. The van der Waals surface area contributed by atoms with Gasteiger partial charge in [-0.25, -0.2) is 0 Å². The van der Waals surface area contributed by atoms with E-state index < -0.39 is 0 Å². The third-order valence-electron chi connectivity index (χ3n) is 3.24. The van der Waals surface area contributed by atoms with E-state index >= 15 is 0 Å². The first-order valence-corrected chi connectivity index (χ1v) is 8.08. The van der Waals surface area contributed by atoms with E-state index in [0.29, 0.717) is 16.0 Å². The fourth-order valence-corrected chi connectivity index (χ4v) is 2.91. The SMILES string of the molecule is CC.O=C(CCN1C(=O)c2ccccc2C1=O)c1cccs1. The van der Waals surface area contributed by atoms with Crippen LogP contribution in [-0.4, -0.2) is 29.0 Å². The van der Waals surface area contributed by atoms with E-state index in [1.165, 1.54) is 11.3 Å². The number of rotatable bonds is 4. The maximum atomic E-state index is 12.1. The van der Waals surface area contributed by atoms with Gasteiger partial charge >= 0.3 is 0 Å². The summed E-state index contributed by atoms with van der Waals surface area (Å²) in [4.78, 5) is 37.9. The van der Waals surface area contributed by atoms with Gasteiger partial charge in [-0.05, 0) is 23.6 Å². The van der Waals surface area contributed by atoms with Crippen molar-refractivity contribution in [3.8, 4) is 0 Å². The number of carbonyl (C=O) groups excluding carboxylic acids is 3. The molecule has 1 aliphatic heterocycles. The first-order chi connectivity index (χ1) is 10.7. The smallest absolute Gasteiger partial charge is 0.261 e. The second-order valence-corrected chi connectivity index (χ2v) is 5.41. The highest BCUT2D eigenvalue weighted by molar-refractivity contribution is 7.12. The number of benzene rings is 1. The van der Waals surface area contributed by atoms with Crippen molar-refractivity contribution in [3.63, 3.8) is 0 Å². The molecular formula is C17H17NO3S. The summed E-state index contributed by atoms with van der Waals surface area (Å²) in [5, 5.41) is 1.83. The zero-order valence-corrected chi connectivity index (χ0v) is 13.4. The molecule has 2 amide bonds. The zero-order chi connectivity index (χ0) is 16.1. The Morgan fingerprint density at radius 2 is 1.59 bits per heavy atom. The molecule has 1 aromatic carbocycles. The maximum Gasteiger partial charge on any atom is 0.261 e. The van der Waals surface area contributed by atoms with Crippen molar-refractivity contribution in [2.24, 2.45) is 0 Å². The number of imide groups is 1. The number of carbonyl (C=O) groups is 3. The molecule has 1 aliphatic rings. The largest absolute Gasteiger partial charge is 0.293 e. The molecule has 0 saturated heterocycles. The second kappa shape index (κ2) is 7.13. The van der Waals surface area contributed by atoms with E-state index in [1.807, 2.05) is 19.2 Å². The molecule has 22 heavy (non-hydrogen) atoms. The summed E-state index contributed by atoms with van der Waals surface area (Å²) in [6, 6.07) is 10.3. The molecule has 0 fully saturated rings. The van der Waals surface area contributed by atoms with E-state index in [1.54, 1.807) is 36.4 Å². The van der Waals surface area contributed by atoms with Crippen LogP contribution >= 0.6 is 11.3 Å². The minimum absolute atomic E-state index is 0.0449. The predicted molar refractivity (Wildman–Crippen MR) is 86.4 cm³/mol. The van der Waals surface area contributed by atoms with Crippen LogP contribution in [0.4, 0.5) is 0 Å². The Labute approximate surface area is 133 Å². The van der Waals surface area contributed by atoms with Gasteiger partial charge in [0.1, 0.15) is 0 Å². The van der Waals surface area contributed by atoms with Crippen molar-refractivity contribution >= 4 is 28.9 Å². The molecule has 0 aliphatic carbocycles. The maximum absolute atomic E-state index is 12.1. The fourth-order valence-electron chi connectivity index (χ4n) is 2.22. The number of Topliss-reactive ketones (excluding diaryl/α,β-unsaturated/α-hetero) is 1. The lowest BCUT2D eigenvalue weighted by atomic mass is 10.1. The Balaban J connectivity index is 0.000000847. The minimum Gasteiger partial charge on any atom is -0.293 e. The summed E-state index contributed by atoms with van der Waals surface area (Å²) in [6.07, 6.45) is 0.159. The molecule has 0 unspecified atom stereocenters. The third-order valence-corrected chi connectivity index (χ3v) is 4.15. The first kappa shape index (κ1) is 16.1. The van der Waals surface area contributed by atoms with Gasteiger partial charge in [0.05, 0.1) is 16.0 Å². The molecule has 4 nitrogen and oxygen atoms in total. The highest BCUT2D eigenvalue weighted by Gasteiger charge is 2.34. The lowest BCUT2D eigenvalue weighted by Crippen LogP contribution is -2.31. The van der Waals surface area contributed by atoms with Gasteiger partial charge in [0, 0.05) is 13.0 Å². The molecule has 2 aromatic rings. The predicted octanol–water partition coefficient (Wildman–Crippen LogP) is 3.64. The van der Waals surface area contributed by atoms with Crippen molar-refractivity contribution in [2.75, 3.05) is 6.54 Å². The van der Waals surface area contributed by atoms with Gasteiger partial charge in [-0.15, -0.1) is 11.3 Å². The van der Waals surface area contributed by atoms with Crippen molar-refractivity contribution < 1.29 is 14.4 Å². The van der Waals surface area contributed by atoms with Crippen molar-refractivity contribution in [1.82, 2.24) is 4.90 Å². The molecule has 1 aromatic heterocycles. The quantitative estimate of drug-likeness (QED) is 0.639. The lowest BCUT2D eigenvalue weighted by molar-refractivity contribution is 0.0650. The van der Waals surface area contributed by atoms with Crippen LogP contribution in [0.5, 0.6) is 0 Å². The number of thiophene rings is 1. The zero-order valence-electron chi connectivity index (χ0n) is 12.5. The average Bonchev–Trinajstić information content (AvgIpc) is 3.17. The van der Waals surface area contributed by atoms with Crippen LogP contribution in [0.1, 0.15) is 50.7 Å². The van der Waals surface area contributed by atoms with Crippen LogP contribution in [-0.2, 0) is 0 Å². The van der Waals surface area contributed by atoms with Crippen molar-refractivity contribution in [1.29, 1.82) is 0 Å². The molecule has 0 radical (unpaired) electrons. The van der Waals surface area contributed by atoms with E-state index in [4.69, 9.17) is 0 Å². The number of hydrogen-bond donors (Lipinski definition) is 0. The van der Waals surface area contributed by atoms with E-state index in [2.05, 4.69) is 0 Å². The average molecular weight is 315 g/mol. The number of amides is 2. The van der Waals surface area contributed by atoms with Gasteiger partial charge in [-0.1, -0.05) is 32.0 Å². The van der Waals surface area contributed by atoms with Gasteiger partial charge in [0.25, 0.3) is 11.8 Å². The Bertz CT molecular complexity index is 657. The summed E-state index contributed by atoms with van der Waals surface area (Å²) in [6.45, 7) is 4.13. The van der Waals surface area contributed by atoms with Gasteiger partial charge in [-0.2, -0.15) is 0 Å². The van der Waals surface area contributed by atoms with Crippen LogP contribution in [0.15, 0.2) is 41.8 Å². The molecule has 0 bridgehead atoms. The van der Waals surface area contributed by atoms with Crippen LogP contribution < -0.4 is 0 Å². The third kappa shape index (κ3) is 2.99. The van der Waals surface area contributed by atoms with E-state index in [0.717, 1.165) is 4.90 Å². The van der Waals surface area contributed by atoms with Gasteiger partial charge < -0.3 is 0 Å². The Morgan fingerprint density at radius 3 is 2.09 bits per heavy atom. The summed E-state index contributed by atoms with van der Waals surface area (Å²) < 4.78 is 0. The number of ketones is 1. The molecule has 0 N–H and O–H groups in total. The molecule has 114 valence electrons. The normalized spacial score (nSPS) is 12.7. The summed E-state index contributed by atoms with van der Waals surface area (Å²) >= 11 is 1.36. The Hall–Kier alpha value is -2.27. The van der Waals surface area contributed by atoms with Crippen LogP contribution in [0.25, 0.3) is 0 Å². The minimum atomic E-state index is -0.315. The highest BCUT2D eigenvalue weighted by Crippen LogP contribution is 2.23. The molecular weight excluding hydrogens is 298 g/mol. The fraction of sp³-hybridized carbons (Fsp3) is 0.235. The monoisotopic (exact) mass is 315 g/mol. The van der Waals surface area contributed by atoms with Crippen LogP contribution in [0.2, 0.25) is 0 Å². The molecule has 0 saturated carbocycles. The van der Waals surface area contributed by atoms with Crippen LogP contribution in [0.3, 0.4) is 0 Å². The van der Waals surface area contributed by atoms with Crippen LogP contribution in [0, 0.1) is 0 Å². The summed E-state index contributed by atoms with van der Waals surface area (Å²) in [5.41, 5.74) is 0.835. The van der Waals surface area contributed by atoms with Gasteiger partial charge in [-0.3, -0.25) is 19.3 Å². The van der Waals surface area contributed by atoms with Crippen molar-refractivity contribution in [3.05, 3.63) is 57.8 Å². The summed E-state index contributed by atoms with van der Waals surface area (Å²) in [7, 11) is 0.